The maximum Gasteiger partial charge on any atom is 0.348 e. The third-order valence-corrected chi connectivity index (χ3v) is 8.25. The zero-order chi connectivity index (χ0) is 26.5. The van der Waals surface area contributed by atoms with Crippen LogP contribution in [0.25, 0.3) is 10.2 Å². The predicted molar refractivity (Wildman–Crippen MR) is 149 cm³/mol. The van der Waals surface area contributed by atoms with Gasteiger partial charge in [0.25, 0.3) is 5.56 Å². The molecule has 0 saturated carbocycles. The van der Waals surface area contributed by atoms with Crippen molar-refractivity contribution in [1.82, 2.24) is 9.55 Å². The summed E-state index contributed by atoms with van der Waals surface area (Å²) < 4.78 is 17.6. The van der Waals surface area contributed by atoms with Crippen molar-refractivity contribution >= 4 is 50.9 Å². The molecule has 10 heteroatoms. The fourth-order valence-corrected chi connectivity index (χ4v) is 6.25. The molecule has 0 aliphatic heterocycles. The lowest BCUT2D eigenvalue weighted by Crippen LogP contribution is -2.24. The Bertz CT molecular complexity index is 1500. The Morgan fingerprint density at radius 1 is 1.11 bits per heavy atom. The number of ether oxygens (including phenoxy) is 3. The van der Waals surface area contributed by atoms with Gasteiger partial charge < -0.3 is 14.2 Å². The molecule has 37 heavy (non-hydrogen) atoms. The molecule has 194 valence electrons. The minimum Gasteiger partial charge on any atom is -0.493 e. The summed E-state index contributed by atoms with van der Waals surface area (Å²) in [6.45, 7) is 4.19. The van der Waals surface area contributed by atoms with Crippen molar-refractivity contribution in [2.24, 2.45) is 0 Å². The number of thiophene rings is 1. The van der Waals surface area contributed by atoms with Crippen molar-refractivity contribution in [3.63, 3.8) is 0 Å². The average Bonchev–Trinajstić information content (AvgIpc) is 3.23. The fourth-order valence-electron chi connectivity index (χ4n) is 3.95. The molecule has 2 aromatic heterocycles. The van der Waals surface area contributed by atoms with Crippen LogP contribution in [0.15, 0.2) is 52.4 Å². The van der Waals surface area contributed by atoms with Gasteiger partial charge in [0.2, 0.25) is 0 Å². The minimum atomic E-state index is -0.438. The number of rotatable bonds is 10. The first-order valence-electron chi connectivity index (χ1n) is 11.7. The van der Waals surface area contributed by atoms with Crippen LogP contribution < -0.4 is 15.0 Å². The van der Waals surface area contributed by atoms with Gasteiger partial charge in [0.1, 0.15) is 9.71 Å². The number of thioether (sulfide) groups is 1. The molecule has 0 saturated heterocycles. The molecule has 0 spiro atoms. The van der Waals surface area contributed by atoms with Gasteiger partial charge >= 0.3 is 5.97 Å². The summed E-state index contributed by atoms with van der Waals surface area (Å²) in [5, 5.41) is 1.68. The number of aromatic nitrogens is 2. The van der Waals surface area contributed by atoms with Crippen molar-refractivity contribution in [1.29, 1.82) is 0 Å². The average molecular weight is 559 g/mol. The minimum absolute atomic E-state index is 0.177. The van der Waals surface area contributed by atoms with Crippen LogP contribution >= 0.6 is 34.7 Å². The lowest BCUT2D eigenvalue weighted by Gasteiger charge is -2.14. The van der Waals surface area contributed by atoms with Gasteiger partial charge in [-0.25, -0.2) is 9.78 Å². The van der Waals surface area contributed by atoms with Gasteiger partial charge in [-0.2, -0.15) is 0 Å². The number of halogens is 1. The molecule has 0 atom stereocenters. The van der Waals surface area contributed by atoms with E-state index in [1.54, 1.807) is 32.6 Å². The highest BCUT2D eigenvalue weighted by Gasteiger charge is 2.22. The second kappa shape index (κ2) is 12.0. The van der Waals surface area contributed by atoms with Crippen molar-refractivity contribution in [2.45, 2.75) is 37.7 Å². The maximum absolute atomic E-state index is 13.8. The second-order valence-corrected chi connectivity index (χ2v) is 10.5. The van der Waals surface area contributed by atoms with E-state index < -0.39 is 5.97 Å². The first-order valence-corrected chi connectivity index (χ1v) is 13.8. The molecule has 0 amide bonds. The Hall–Kier alpha value is -3.01. The Morgan fingerprint density at radius 3 is 2.59 bits per heavy atom. The fraction of sp³-hybridized carbons (Fsp3) is 0.296. The SMILES string of the molecule is CCOC(=O)c1sc2nc(SCc3cccc(Cl)c3)n(CCc3ccc(OC)c(OC)c3)c(=O)c2c1C. The van der Waals surface area contributed by atoms with E-state index in [1.807, 2.05) is 42.5 Å². The van der Waals surface area contributed by atoms with E-state index in [0.29, 0.717) is 61.1 Å². The van der Waals surface area contributed by atoms with Gasteiger partial charge in [0.15, 0.2) is 16.7 Å². The molecule has 0 unspecified atom stereocenters. The number of methoxy groups -OCH3 is 2. The number of hydrogen-bond acceptors (Lipinski definition) is 8. The first-order chi connectivity index (χ1) is 17.9. The third-order valence-electron chi connectivity index (χ3n) is 5.81. The van der Waals surface area contributed by atoms with Gasteiger partial charge in [-0.1, -0.05) is 41.6 Å². The molecule has 0 bridgehead atoms. The van der Waals surface area contributed by atoms with Crippen LogP contribution in [0.3, 0.4) is 0 Å². The summed E-state index contributed by atoms with van der Waals surface area (Å²) in [4.78, 5) is 32.0. The number of carbonyl (C=O) groups is 1. The quantitative estimate of drug-likeness (QED) is 0.131. The summed E-state index contributed by atoms with van der Waals surface area (Å²) in [5.74, 6) is 1.42. The van der Waals surface area contributed by atoms with Crippen LogP contribution in [-0.4, -0.2) is 36.3 Å². The largest absolute Gasteiger partial charge is 0.493 e. The predicted octanol–water partition coefficient (Wildman–Crippen LogP) is 6.15. The molecular weight excluding hydrogens is 532 g/mol. The molecule has 0 N–H and O–H groups in total. The molecule has 0 radical (unpaired) electrons. The van der Waals surface area contributed by atoms with E-state index in [-0.39, 0.29) is 12.2 Å². The molecule has 4 aromatic rings. The van der Waals surface area contributed by atoms with E-state index in [9.17, 15) is 9.59 Å². The van der Waals surface area contributed by atoms with Crippen LogP contribution in [-0.2, 0) is 23.5 Å². The second-order valence-electron chi connectivity index (χ2n) is 8.17. The van der Waals surface area contributed by atoms with Crippen LogP contribution in [0.4, 0.5) is 0 Å². The van der Waals surface area contributed by atoms with Crippen LogP contribution in [0.2, 0.25) is 5.02 Å². The smallest absolute Gasteiger partial charge is 0.348 e. The Balaban J connectivity index is 1.73. The number of aryl methyl sites for hydroxylation is 2. The number of fused-ring (bicyclic) bond motifs is 1. The monoisotopic (exact) mass is 558 g/mol. The molecule has 0 fully saturated rings. The molecule has 2 aromatic carbocycles. The highest BCUT2D eigenvalue weighted by Crippen LogP contribution is 2.32. The van der Waals surface area contributed by atoms with E-state index in [4.69, 9.17) is 30.8 Å². The highest BCUT2D eigenvalue weighted by molar-refractivity contribution is 7.98. The number of benzene rings is 2. The summed E-state index contributed by atoms with van der Waals surface area (Å²) in [6.07, 6.45) is 0.575. The van der Waals surface area contributed by atoms with Crippen molar-refractivity contribution in [3.05, 3.63) is 79.4 Å². The number of nitrogens with zero attached hydrogens (tertiary/aromatic N) is 2. The van der Waals surface area contributed by atoms with E-state index in [2.05, 4.69) is 0 Å². The molecule has 2 heterocycles. The van der Waals surface area contributed by atoms with Crippen molar-refractivity contribution < 1.29 is 19.0 Å². The van der Waals surface area contributed by atoms with Gasteiger partial charge in [-0.15, -0.1) is 11.3 Å². The van der Waals surface area contributed by atoms with Crippen LogP contribution in [0.1, 0.15) is 33.3 Å². The van der Waals surface area contributed by atoms with E-state index >= 15 is 0 Å². The Labute approximate surface area is 228 Å². The van der Waals surface area contributed by atoms with Crippen molar-refractivity contribution in [2.75, 3.05) is 20.8 Å². The van der Waals surface area contributed by atoms with E-state index in [1.165, 1.54) is 23.1 Å². The Kier molecular flexibility index (Phi) is 8.79. The van der Waals surface area contributed by atoms with Crippen LogP contribution in [0, 0.1) is 6.92 Å². The summed E-state index contributed by atoms with van der Waals surface area (Å²) in [6, 6.07) is 13.3. The van der Waals surface area contributed by atoms with Gasteiger partial charge in [-0.3, -0.25) is 9.36 Å². The van der Waals surface area contributed by atoms with Crippen LogP contribution in [0.5, 0.6) is 11.5 Å². The van der Waals surface area contributed by atoms with E-state index in [0.717, 1.165) is 11.1 Å². The van der Waals surface area contributed by atoms with Gasteiger partial charge in [0, 0.05) is 17.3 Å². The summed E-state index contributed by atoms with van der Waals surface area (Å²) in [7, 11) is 3.18. The van der Waals surface area contributed by atoms with Gasteiger partial charge in [0.05, 0.1) is 26.2 Å². The zero-order valence-electron chi connectivity index (χ0n) is 21.0. The lowest BCUT2D eigenvalue weighted by molar-refractivity contribution is 0.0531. The summed E-state index contributed by atoms with van der Waals surface area (Å²) >= 11 is 8.81. The van der Waals surface area contributed by atoms with Gasteiger partial charge in [-0.05, 0) is 61.2 Å². The normalized spacial score (nSPS) is 11.1. The number of hydrogen-bond donors (Lipinski definition) is 0. The number of esters is 1. The molecule has 0 aliphatic rings. The standard InChI is InChI=1S/C27H27ClN2O5S2/c1-5-35-26(32)23-16(2)22-24(37-23)29-27(36-15-18-7-6-8-19(28)13-18)30(25(22)31)12-11-17-9-10-20(33-3)21(14-17)34-4/h6-10,13-14H,5,11-12,15H2,1-4H3. The Morgan fingerprint density at radius 2 is 1.89 bits per heavy atom. The highest BCUT2D eigenvalue weighted by atomic mass is 35.5. The lowest BCUT2D eigenvalue weighted by atomic mass is 10.1. The molecular formula is C27H27ClN2O5S2. The summed E-state index contributed by atoms with van der Waals surface area (Å²) in [5.41, 5.74) is 2.43. The topological polar surface area (TPSA) is 79.7 Å². The first kappa shape index (κ1) is 27.0. The molecule has 7 nitrogen and oxygen atoms in total. The zero-order valence-corrected chi connectivity index (χ0v) is 23.4. The maximum atomic E-state index is 13.8. The molecule has 0 aliphatic carbocycles. The third kappa shape index (κ3) is 5.95. The number of carbonyl (C=O) groups excluding carboxylic acids is 1. The molecule has 4 rings (SSSR count). The van der Waals surface area contributed by atoms with Crippen molar-refractivity contribution in [3.8, 4) is 11.5 Å².